The van der Waals surface area contributed by atoms with Crippen LogP contribution in [0.1, 0.15) is 5.82 Å². The molecule has 2 aromatic rings. The smallest absolute Gasteiger partial charge is 0.294 e. The highest BCUT2D eigenvalue weighted by atomic mass is 16.7. The number of aromatic nitrogens is 2. The van der Waals surface area contributed by atoms with Gasteiger partial charge in [-0.05, 0) is 12.1 Å². The molecule has 1 aromatic heterocycles. The third kappa shape index (κ3) is 0.878. The van der Waals surface area contributed by atoms with Crippen molar-refractivity contribution in [3.63, 3.8) is 0 Å². The van der Waals surface area contributed by atoms with E-state index in [0.29, 0.717) is 24.2 Å². The van der Waals surface area contributed by atoms with E-state index in [2.05, 4.69) is 4.98 Å². The van der Waals surface area contributed by atoms with E-state index < -0.39 is 0 Å². The molecule has 0 aliphatic carbocycles. The Morgan fingerprint density at radius 2 is 2.21 bits per heavy atom. The molecule has 0 saturated heterocycles. The highest BCUT2D eigenvalue weighted by molar-refractivity contribution is 5.77. The normalized spacial score (nSPS) is 14.0. The fraction of sp³-hybridized carbons (Fsp3) is 0.200. The molecule has 0 fully saturated rings. The topological polar surface area (TPSA) is 44.1 Å². The minimum Gasteiger partial charge on any atom is -0.409 e. The van der Waals surface area contributed by atoms with Gasteiger partial charge >= 0.3 is 0 Å². The number of hydrogen-bond donors (Lipinski definition) is 0. The van der Waals surface area contributed by atoms with E-state index in [1.807, 2.05) is 18.2 Å². The Morgan fingerprint density at radius 1 is 1.36 bits per heavy atom. The Morgan fingerprint density at radius 3 is 3.14 bits per heavy atom. The first-order valence-corrected chi connectivity index (χ1v) is 4.50. The molecule has 0 bridgehead atoms. The maximum Gasteiger partial charge on any atom is 0.294 e. The Hall–Kier alpha value is -1.84. The predicted octanol–water partition coefficient (Wildman–Crippen LogP) is 0.381. The molecule has 0 saturated carbocycles. The molecule has 4 heteroatoms. The van der Waals surface area contributed by atoms with E-state index in [0.717, 1.165) is 5.52 Å². The quantitative estimate of drug-likeness (QED) is 0.600. The molecule has 3 rings (SSSR count). The van der Waals surface area contributed by atoms with Crippen LogP contribution >= 0.6 is 0 Å². The minimum absolute atomic E-state index is 0.108. The fourth-order valence-corrected chi connectivity index (χ4v) is 1.68. The van der Waals surface area contributed by atoms with Crippen molar-refractivity contribution in [1.29, 1.82) is 0 Å². The van der Waals surface area contributed by atoms with E-state index in [4.69, 9.17) is 4.84 Å². The second-order valence-corrected chi connectivity index (χ2v) is 3.23. The molecule has 0 amide bonds. The van der Waals surface area contributed by atoms with Crippen LogP contribution in [0.2, 0.25) is 0 Å². The van der Waals surface area contributed by atoms with Gasteiger partial charge in [0, 0.05) is 6.42 Å². The zero-order chi connectivity index (χ0) is 9.54. The zero-order valence-corrected chi connectivity index (χ0v) is 7.43. The highest BCUT2D eigenvalue weighted by Crippen LogP contribution is 2.09. The van der Waals surface area contributed by atoms with Gasteiger partial charge in [0.15, 0.2) is 5.82 Å². The molecule has 0 unspecified atom stereocenters. The summed E-state index contributed by atoms with van der Waals surface area (Å²) in [6, 6.07) is 7.31. The molecule has 4 nitrogen and oxygen atoms in total. The average Bonchev–Trinajstić information content (AvgIpc) is 2.66. The van der Waals surface area contributed by atoms with Crippen molar-refractivity contribution in [3.05, 3.63) is 40.4 Å². The summed E-state index contributed by atoms with van der Waals surface area (Å²) in [6.45, 7) is 0.540. The summed E-state index contributed by atoms with van der Waals surface area (Å²) >= 11 is 0. The van der Waals surface area contributed by atoms with Gasteiger partial charge in [0.05, 0.1) is 10.9 Å². The second-order valence-electron chi connectivity index (χ2n) is 3.23. The molecule has 2 heterocycles. The molecule has 0 spiro atoms. The maximum atomic E-state index is 11.8. The summed E-state index contributed by atoms with van der Waals surface area (Å²) in [4.78, 5) is 21.4. The van der Waals surface area contributed by atoms with Gasteiger partial charge in [-0.25, -0.2) is 4.98 Å². The number of nitrogens with zero attached hydrogens (tertiary/aromatic N) is 2. The van der Waals surface area contributed by atoms with Gasteiger partial charge in [-0.2, -0.15) is 0 Å². The lowest BCUT2D eigenvalue weighted by Gasteiger charge is -2.02. The standard InChI is InChI=1S/C10H8N2O2/c13-10-7-3-1-2-4-8(7)11-9-5-6-14-12(9)10/h1-4H,5-6H2. The lowest BCUT2D eigenvalue weighted by molar-refractivity contribution is 0.141. The Balaban J connectivity index is 2.50. The monoisotopic (exact) mass is 188 g/mol. The van der Waals surface area contributed by atoms with E-state index in [9.17, 15) is 4.79 Å². The first-order chi connectivity index (χ1) is 6.86. The number of para-hydroxylation sites is 1. The van der Waals surface area contributed by atoms with Gasteiger partial charge in [0.1, 0.15) is 6.61 Å². The number of rotatable bonds is 0. The lowest BCUT2D eigenvalue weighted by atomic mass is 10.2. The van der Waals surface area contributed by atoms with Crippen LogP contribution in [0, 0.1) is 0 Å². The van der Waals surface area contributed by atoms with Gasteiger partial charge in [-0.1, -0.05) is 12.1 Å². The van der Waals surface area contributed by atoms with Crippen LogP contribution in [0.5, 0.6) is 0 Å². The van der Waals surface area contributed by atoms with Crippen LogP contribution in [0.25, 0.3) is 10.9 Å². The Labute approximate surface area is 79.7 Å². The van der Waals surface area contributed by atoms with Gasteiger partial charge in [-0.3, -0.25) is 4.79 Å². The van der Waals surface area contributed by atoms with Crippen LogP contribution in [-0.4, -0.2) is 16.3 Å². The largest absolute Gasteiger partial charge is 0.409 e. The van der Waals surface area contributed by atoms with Crippen LogP contribution in [0.4, 0.5) is 0 Å². The van der Waals surface area contributed by atoms with Crippen LogP contribution in [0.3, 0.4) is 0 Å². The van der Waals surface area contributed by atoms with Crippen molar-refractivity contribution < 1.29 is 4.84 Å². The van der Waals surface area contributed by atoms with Gasteiger partial charge in [0.25, 0.3) is 5.56 Å². The molecular weight excluding hydrogens is 180 g/mol. The van der Waals surface area contributed by atoms with Gasteiger partial charge < -0.3 is 4.84 Å². The maximum absolute atomic E-state index is 11.8. The number of fused-ring (bicyclic) bond motifs is 2. The lowest BCUT2D eigenvalue weighted by Crippen LogP contribution is -2.25. The summed E-state index contributed by atoms with van der Waals surface area (Å²) in [7, 11) is 0. The van der Waals surface area contributed by atoms with Crippen molar-refractivity contribution >= 4 is 10.9 Å². The fourth-order valence-electron chi connectivity index (χ4n) is 1.68. The van der Waals surface area contributed by atoms with Crippen LogP contribution < -0.4 is 10.4 Å². The first-order valence-electron chi connectivity index (χ1n) is 4.50. The van der Waals surface area contributed by atoms with Crippen LogP contribution in [0.15, 0.2) is 29.1 Å². The van der Waals surface area contributed by atoms with E-state index >= 15 is 0 Å². The summed E-state index contributed by atoms with van der Waals surface area (Å²) in [5.41, 5.74) is 0.636. The Kier molecular flexibility index (Phi) is 1.39. The molecule has 1 aromatic carbocycles. The molecule has 0 N–H and O–H groups in total. The summed E-state index contributed by atoms with van der Waals surface area (Å²) in [5.74, 6) is 0.716. The van der Waals surface area contributed by atoms with E-state index in [-0.39, 0.29) is 5.56 Å². The molecule has 1 aliphatic rings. The zero-order valence-electron chi connectivity index (χ0n) is 7.43. The van der Waals surface area contributed by atoms with Crippen molar-refractivity contribution in [2.45, 2.75) is 6.42 Å². The molecular formula is C10H8N2O2. The van der Waals surface area contributed by atoms with Gasteiger partial charge in [0.2, 0.25) is 0 Å². The second kappa shape index (κ2) is 2.57. The molecule has 0 atom stereocenters. The average molecular weight is 188 g/mol. The Bertz CT molecular complexity index is 560. The third-order valence-electron chi connectivity index (χ3n) is 2.35. The number of hydrogen-bond acceptors (Lipinski definition) is 3. The van der Waals surface area contributed by atoms with Crippen molar-refractivity contribution in [3.8, 4) is 0 Å². The van der Waals surface area contributed by atoms with E-state index in [1.165, 1.54) is 4.73 Å². The van der Waals surface area contributed by atoms with Gasteiger partial charge in [-0.15, -0.1) is 4.73 Å². The molecule has 0 radical (unpaired) electrons. The first kappa shape index (κ1) is 7.55. The highest BCUT2D eigenvalue weighted by Gasteiger charge is 2.16. The summed E-state index contributed by atoms with van der Waals surface area (Å²) in [6.07, 6.45) is 0.708. The van der Waals surface area contributed by atoms with E-state index in [1.54, 1.807) is 6.07 Å². The van der Waals surface area contributed by atoms with Crippen molar-refractivity contribution in [1.82, 2.24) is 9.71 Å². The molecule has 14 heavy (non-hydrogen) atoms. The number of benzene rings is 1. The van der Waals surface area contributed by atoms with Crippen molar-refractivity contribution in [2.75, 3.05) is 6.61 Å². The molecule has 70 valence electrons. The summed E-state index contributed by atoms with van der Waals surface area (Å²) < 4.78 is 1.29. The van der Waals surface area contributed by atoms with Crippen LogP contribution in [-0.2, 0) is 6.42 Å². The SMILES string of the molecule is O=c1c2ccccc2nc2n1OCC2. The minimum atomic E-state index is -0.108. The molecule has 1 aliphatic heterocycles. The van der Waals surface area contributed by atoms with Crippen molar-refractivity contribution in [2.24, 2.45) is 0 Å². The predicted molar refractivity (Wildman–Crippen MR) is 51.2 cm³/mol. The third-order valence-corrected chi connectivity index (χ3v) is 2.35. The summed E-state index contributed by atoms with van der Waals surface area (Å²) in [5, 5.41) is 0.609.